The number of amides is 1. The number of hydrogen-bond donors (Lipinski definition) is 2. The molecule has 2 N–H and O–H groups in total. The smallest absolute Gasteiger partial charge is 0.251 e. The average molecular weight is 336 g/mol. The highest BCUT2D eigenvalue weighted by Gasteiger charge is 2.24. The van der Waals surface area contributed by atoms with Gasteiger partial charge in [0.2, 0.25) is 0 Å². The number of aromatic nitrogens is 1. The van der Waals surface area contributed by atoms with Crippen LogP contribution in [0.5, 0.6) is 0 Å². The van der Waals surface area contributed by atoms with Crippen LogP contribution >= 0.6 is 0 Å². The maximum absolute atomic E-state index is 12.4. The lowest BCUT2D eigenvalue weighted by Gasteiger charge is -2.28. The number of aliphatic hydroxyl groups is 1. The molecule has 2 heterocycles. The van der Waals surface area contributed by atoms with Gasteiger partial charge in [-0.3, -0.25) is 9.78 Å². The van der Waals surface area contributed by atoms with Gasteiger partial charge in [-0.25, -0.2) is 0 Å². The summed E-state index contributed by atoms with van der Waals surface area (Å²) >= 11 is 0. The van der Waals surface area contributed by atoms with Crippen molar-refractivity contribution in [3.63, 3.8) is 0 Å². The summed E-state index contributed by atoms with van der Waals surface area (Å²) in [6.07, 6.45) is 6.57. The van der Waals surface area contributed by atoms with Crippen LogP contribution in [0.1, 0.15) is 36.0 Å². The first-order valence-electron chi connectivity index (χ1n) is 8.64. The van der Waals surface area contributed by atoms with Crippen molar-refractivity contribution in [2.24, 2.45) is 0 Å². The summed E-state index contributed by atoms with van der Waals surface area (Å²) in [4.78, 5) is 16.9. The van der Waals surface area contributed by atoms with Crippen LogP contribution in [-0.4, -0.2) is 28.1 Å². The monoisotopic (exact) mass is 336 g/mol. The molecule has 5 nitrogen and oxygen atoms in total. The van der Waals surface area contributed by atoms with Crippen molar-refractivity contribution < 1.29 is 14.3 Å². The fourth-order valence-electron chi connectivity index (χ4n) is 3.44. The number of hydrogen-bond acceptors (Lipinski definition) is 4. The lowest BCUT2D eigenvalue weighted by molar-refractivity contribution is 0.0717. The normalized spacial score (nSPS) is 20.5. The predicted octanol–water partition coefficient (Wildman–Crippen LogP) is 3.53. The van der Waals surface area contributed by atoms with Gasteiger partial charge >= 0.3 is 0 Å². The molecule has 0 aliphatic heterocycles. The number of rotatable bonds is 3. The second-order valence-corrected chi connectivity index (χ2v) is 6.50. The van der Waals surface area contributed by atoms with E-state index < -0.39 is 6.10 Å². The van der Waals surface area contributed by atoms with E-state index in [9.17, 15) is 9.90 Å². The number of carbonyl (C=O) groups excluding carboxylic acids is 1. The molecule has 0 unspecified atom stereocenters. The molecular weight excluding hydrogens is 316 g/mol. The van der Waals surface area contributed by atoms with E-state index in [2.05, 4.69) is 10.3 Å². The Hall–Kier alpha value is -2.66. The molecule has 0 saturated heterocycles. The van der Waals surface area contributed by atoms with Crippen LogP contribution in [0.25, 0.3) is 22.2 Å². The minimum absolute atomic E-state index is 0.146. The Kier molecular flexibility index (Phi) is 4.24. The molecule has 1 aliphatic carbocycles. The van der Waals surface area contributed by atoms with Gasteiger partial charge in [-0.15, -0.1) is 0 Å². The zero-order chi connectivity index (χ0) is 17.2. The summed E-state index contributed by atoms with van der Waals surface area (Å²) in [5.74, 6) is -0.146. The summed E-state index contributed by atoms with van der Waals surface area (Å²) in [5, 5.41) is 13.9. The molecule has 0 radical (unpaired) electrons. The van der Waals surface area contributed by atoms with Crippen LogP contribution in [0.3, 0.4) is 0 Å². The van der Waals surface area contributed by atoms with Crippen LogP contribution in [0.2, 0.25) is 0 Å². The minimum Gasteiger partial charge on any atom is -0.464 e. The van der Waals surface area contributed by atoms with Crippen LogP contribution in [0.15, 0.2) is 53.3 Å². The fourth-order valence-corrected chi connectivity index (χ4v) is 3.44. The van der Waals surface area contributed by atoms with Gasteiger partial charge in [0.05, 0.1) is 24.1 Å². The highest BCUT2D eigenvalue weighted by molar-refractivity contribution is 5.96. The van der Waals surface area contributed by atoms with Crippen molar-refractivity contribution >= 4 is 16.9 Å². The maximum atomic E-state index is 12.4. The van der Waals surface area contributed by atoms with Gasteiger partial charge in [-0.2, -0.15) is 0 Å². The molecule has 128 valence electrons. The number of nitrogens with zero attached hydrogens (tertiary/aromatic N) is 1. The zero-order valence-electron chi connectivity index (χ0n) is 13.8. The van der Waals surface area contributed by atoms with Gasteiger partial charge in [-0.05, 0) is 37.1 Å². The van der Waals surface area contributed by atoms with E-state index in [1.807, 2.05) is 24.3 Å². The van der Waals surface area contributed by atoms with E-state index in [0.29, 0.717) is 5.56 Å². The summed E-state index contributed by atoms with van der Waals surface area (Å²) in [6.45, 7) is 0. The van der Waals surface area contributed by atoms with Gasteiger partial charge in [0, 0.05) is 22.7 Å². The summed E-state index contributed by atoms with van der Waals surface area (Å²) in [6, 6.07) is 10.9. The van der Waals surface area contributed by atoms with Crippen LogP contribution in [-0.2, 0) is 0 Å². The van der Waals surface area contributed by atoms with Crippen molar-refractivity contribution in [1.82, 2.24) is 10.3 Å². The third-order valence-corrected chi connectivity index (χ3v) is 4.85. The van der Waals surface area contributed by atoms with Crippen LogP contribution in [0, 0.1) is 0 Å². The number of aliphatic hydroxyl groups excluding tert-OH is 1. The van der Waals surface area contributed by atoms with Crippen molar-refractivity contribution in [1.29, 1.82) is 0 Å². The Morgan fingerprint density at radius 3 is 2.72 bits per heavy atom. The number of carbonyl (C=O) groups is 1. The van der Waals surface area contributed by atoms with Gasteiger partial charge in [0.25, 0.3) is 5.91 Å². The van der Waals surface area contributed by atoms with Crippen molar-refractivity contribution in [3.8, 4) is 11.3 Å². The molecule has 0 spiro atoms. The first-order valence-corrected chi connectivity index (χ1v) is 8.64. The summed E-state index contributed by atoms with van der Waals surface area (Å²) < 4.78 is 5.41. The third-order valence-electron chi connectivity index (χ3n) is 4.85. The molecule has 1 fully saturated rings. The highest BCUT2D eigenvalue weighted by Crippen LogP contribution is 2.27. The second-order valence-electron chi connectivity index (χ2n) is 6.50. The van der Waals surface area contributed by atoms with Crippen molar-refractivity contribution in [2.45, 2.75) is 37.8 Å². The topological polar surface area (TPSA) is 75.4 Å². The Morgan fingerprint density at radius 2 is 1.92 bits per heavy atom. The first kappa shape index (κ1) is 15.8. The van der Waals surface area contributed by atoms with E-state index in [1.165, 1.54) is 0 Å². The number of fused-ring (bicyclic) bond motifs is 1. The molecule has 0 bridgehead atoms. The summed E-state index contributed by atoms with van der Waals surface area (Å²) in [5.41, 5.74) is 3.14. The largest absolute Gasteiger partial charge is 0.464 e. The minimum atomic E-state index is -0.445. The molecule has 1 amide bonds. The number of pyridine rings is 1. The molecule has 2 aromatic heterocycles. The molecule has 1 saturated carbocycles. The molecular formula is C20H20N2O3. The Balaban J connectivity index is 1.53. The predicted molar refractivity (Wildman–Crippen MR) is 95.2 cm³/mol. The summed E-state index contributed by atoms with van der Waals surface area (Å²) in [7, 11) is 0. The van der Waals surface area contributed by atoms with Crippen molar-refractivity contribution in [2.75, 3.05) is 0 Å². The fraction of sp³-hybridized carbons (Fsp3) is 0.300. The molecule has 4 rings (SSSR count). The van der Waals surface area contributed by atoms with Crippen LogP contribution < -0.4 is 5.32 Å². The van der Waals surface area contributed by atoms with Crippen molar-refractivity contribution in [3.05, 3.63) is 54.4 Å². The molecule has 1 aliphatic rings. The lowest BCUT2D eigenvalue weighted by atomic mass is 9.92. The molecule has 5 heteroatoms. The van der Waals surface area contributed by atoms with E-state index in [1.54, 1.807) is 24.6 Å². The van der Waals surface area contributed by atoms with E-state index >= 15 is 0 Å². The zero-order valence-corrected chi connectivity index (χ0v) is 13.8. The van der Waals surface area contributed by atoms with E-state index in [0.717, 1.165) is 47.9 Å². The molecule has 2 atom stereocenters. The average Bonchev–Trinajstić information content (AvgIpc) is 3.12. The highest BCUT2D eigenvalue weighted by atomic mass is 16.3. The second kappa shape index (κ2) is 6.69. The Labute approximate surface area is 145 Å². The standard InChI is InChI=1S/C20H20N2O3/c23-17-4-2-1-3-16(17)22-20(24)14-7-5-13(6-8-14)19-15-10-12-25-18(15)9-11-21-19/h5-12,16-17,23H,1-4H2,(H,22,24)/t16-,17-/m1/s1. The number of benzene rings is 1. The first-order chi connectivity index (χ1) is 12.2. The Bertz CT molecular complexity index is 885. The third kappa shape index (κ3) is 3.15. The lowest BCUT2D eigenvalue weighted by Crippen LogP contribution is -2.45. The van der Waals surface area contributed by atoms with Gasteiger partial charge in [0.15, 0.2) is 0 Å². The molecule has 25 heavy (non-hydrogen) atoms. The van der Waals surface area contributed by atoms with E-state index in [4.69, 9.17) is 4.42 Å². The quantitative estimate of drug-likeness (QED) is 0.767. The molecule has 1 aromatic carbocycles. The molecule has 3 aromatic rings. The number of furan rings is 1. The van der Waals surface area contributed by atoms with Gasteiger partial charge < -0.3 is 14.8 Å². The SMILES string of the molecule is O=C(N[C@@H]1CCCC[C@H]1O)c1ccc(-c2nccc3occc23)cc1. The van der Waals surface area contributed by atoms with E-state index in [-0.39, 0.29) is 11.9 Å². The van der Waals surface area contributed by atoms with Gasteiger partial charge in [0.1, 0.15) is 5.58 Å². The number of nitrogens with one attached hydrogen (secondary N) is 1. The van der Waals surface area contributed by atoms with Gasteiger partial charge in [-0.1, -0.05) is 25.0 Å². The van der Waals surface area contributed by atoms with Crippen LogP contribution in [0.4, 0.5) is 0 Å². The maximum Gasteiger partial charge on any atom is 0.251 e. The Morgan fingerprint density at radius 1 is 1.12 bits per heavy atom.